The molecule has 2 saturated heterocycles. The van der Waals surface area contributed by atoms with Gasteiger partial charge in [0.2, 0.25) is 0 Å². The molecule has 21 heteroatoms. The van der Waals surface area contributed by atoms with Crippen LogP contribution in [0.2, 0.25) is 0 Å². The molecule has 2 aliphatic rings. The van der Waals surface area contributed by atoms with Crippen LogP contribution in [0, 0.1) is 18.6 Å². The lowest BCUT2D eigenvalue weighted by Gasteiger charge is -2.47. The quantitative estimate of drug-likeness (QED) is 0.0786. The van der Waals surface area contributed by atoms with Crippen molar-refractivity contribution in [3.8, 4) is 5.75 Å². The average Bonchev–Trinajstić information content (AvgIpc) is 3.77. The Morgan fingerprint density at radius 2 is 1.68 bits per heavy atom. The maximum Gasteiger partial charge on any atom is 0.491 e. The molecule has 6 rings (SSSR count). The number of carbonyl (C=O) groups is 3. The van der Waals surface area contributed by atoms with Crippen molar-refractivity contribution in [1.82, 2.24) is 20.1 Å². The third-order valence-electron chi connectivity index (χ3n) is 9.63. The first-order valence-corrected chi connectivity index (χ1v) is 19.1. The first-order valence-electron chi connectivity index (χ1n) is 17.4. The zero-order chi connectivity index (χ0) is 41.3. The summed E-state index contributed by atoms with van der Waals surface area (Å²) in [6.07, 6.45) is -11.8. The van der Waals surface area contributed by atoms with Gasteiger partial charge in [0, 0.05) is 54.3 Å². The molecular formula is C36H34F8N4O7S2. The van der Waals surface area contributed by atoms with Gasteiger partial charge >= 0.3 is 29.2 Å². The van der Waals surface area contributed by atoms with Gasteiger partial charge in [0.05, 0.1) is 28.3 Å². The number of thiophene rings is 1. The highest BCUT2D eigenvalue weighted by Gasteiger charge is 2.44. The molecular weight excluding hydrogens is 817 g/mol. The molecule has 2 N–H and O–H groups in total. The summed E-state index contributed by atoms with van der Waals surface area (Å²) in [6, 6.07) is 7.83. The van der Waals surface area contributed by atoms with E-state index in [0.29, 0.717) is 61.8 Å². The van der Waals surface area contributed by atoms with Crippen molar-refractivity contribution in [2.75, 3.05) is 45.9 Å². The minimum atomic E-state index is -5.46. The molecule has 1 spiro atoms. The van der Waals surface area contributed by atoms with Crippen molar-refractivity contribution in [3.05, 3.63) is 84.1 Å². The number of fused-ring (bicyclic) bond motifs is 1. The van der Waals surface area contributed by atoms with Crippen LogP contribution in [0.3, 0.4) is 0 Å². The molecule has 0 unspecified atom stereocenters. The number of morpholine rings is 1. The lowest BCUT2D eigenvalue weighted by Crippen LogP contribution is -2.57. The van der Waals surface area contributed by atoms with E-state index in [1.165, 1.54) is 17.4 Å². The highest BCUT2D eigenvalue weighted by Crippen LogP contribution is 2.36. The predicted molar refractivity (Wildman–Crippen MR) is 190 cm³/mol. The fourth-order valence-electron chi connectivity index (χ4n) is 6.77. The lowest BCUT2D eigenvalue weighted by molar-refractivity contribution is -0.205. The van der Waals surface area contributed by atoms with E-state index in [9.17, 15) is 49.9 Å². The number of esters is 2. The van der Waals surface area contributed by atoms with Crippen LogP contribution < -0.4 is 14.9 Å². The van der Waals surface area contributed by atoms with Crippen molar-refractivity contribution < 1.29 is 63.7 Å². The number of H-pyrrole nitrogens is 1. The Hall–Kier alpha value is -4.44. The van der Waals surface area contributed by atoms with Gasteiger partial charge in [-0.2, -0.15) is 26.3 Å². The summed E-state index contributed by atoms with van der Waals surface area (Å²) < 4.78 is 124. The van der Waals surface area contributed by atoms with Gasteiger partial charge in [-0.15, -0.1) is 11.3 Å². The van der Waals surface area contributed by atoms with Gasteiger partial charge in [0.25, 0.3) is 5.91 Å². The monoisotopic (exact) mass is 850 g/mol. The number of halogens is 8. The van der Waals surface area contributed by atoms with Gasteiger partial charge in [-0.25, -0.2) is 18.4 Å². The van der Waals surface area contributed by atoms with Gasteiger partial charge in [-0.1, -0.05) is 17.4 Å². The SMILES string of the molecule is Cc1ccc(C(=O)N2CCOC3(CCN(Cc4ccc(F)c(CCNC[C@H](OC(=O)C(F)(F)F)c5ccc(OC(=O)C(F)(F)F)c6[nH]c(=O)sc56)c4F)CC3)C2)s1. The maximum atomic E-state index is 15.8. The van der Waals surface area contributed by atoms with E-state index in [-0.39, 0.29) is 46.8 Å². The summed E-state index contributed by atoms with van der Waals surface area (Å²) in [4.78, 5) is 55.3. The minimum absolute atomic E-state index is 0.0476. The van der Waals surface area contributed by atoms with Crippen LogP contribution >= 0.6 is 22.7 Å². The number of aromatic amines is 1. The highest BCUT2D eigenvalue weighted by molar-refractivity contribution is 7.16. The largest absolute Gasteiger partial charge is 0.491 e. The van der Waals surface area contributed by atoms with E-state index in [4.69, 9.17) is 4.74 Å². The number of likely N-dealkylation sites (tertiary alicyclic amines) is 1. The lowest BCUT2D eigenvalue weighted by atomic mass is 9.89. The number of carbonyl (C=O) groups excluding carboxylic acids is 3. The molecule has 2 aromatic heterocycles. The number of nitrogens with zero attached hydrogens (tertiary/aromatic N) is 2. The molecule has 0 bridgehead atoms. The molecule has 1 atom stereocenters. The number of aromatic nitrogens is 1. The Bertz CT molecular complexity index is 2190. The van der Waals surface area contributed by atoms with E-state index >= 15 is 4.39 Å². The molecule has 2 aromatic carbocycles. The van der Waals surface area contributed by atoms with Crippen LogP contribution in [-0.2, 0) is 32.0 Å². The Balaban J connectivity index is 1.10. The van der Waals surface area contributed by atoms with Gasteiger partial charge < -0.3 is 29.4 Å². The number of benzene rings is 2. The smallest absolute Gasteiger partial charge is 0.449 e. The number of rotatable bonds is 11. The second-order valence-electron chi connectivity index (χ2n) is 13.5. The Morgan fingerprint density at radius 1 is 0.965 bits per heavy atom. The summed E-state index contributed by atoms with van der Waals surface area (Å²) in [6.45, 7) is 3.54. The standard InChI is InChI=1S/C36H34F8N4O7S2/c1-19-2-7-26(56-19)30(49)48-14-15-53-34(18-48)9-12-47(13-10-34)17-20-3-5-23(37)21(27(20)38)8-11-45-16-25(55-32(51)36(42,43)44)22-4-6-24(54-31(50)35(39,40)41)28-29(22)57-33(52)46-28/h2-7,25,45H,8-18H2,1H3,(H,46,52)/t25-/m0/s1. The molecule has 0 radical (unpaired) electrons. The molecule has 2 aliphatic heterocycles. The fourth-order valence-corrected chi connectivity index (χ4v) is 8.51. The van der Waals surface area contributed by atoms with Crippen LogP contribution in [0.4, 0.5) is 35.1 Å². The first kappa shape index (κ1) is 42.2. The van der Waals surface area contributed by atoms with Crippen molar-refractivity contribution in [3.63, 3.8) is 0 Å². The summed E-state index contributed by atoms with van der Waals surface area (Å²) in [7, 11) is 0. The second-order valence-corrected chi connectivity index (χ2v) is 15.8. The fraction of sp³-hybridized carbons (Fsp3) is 0.444. The number of thiazole rings is 1. The number of ether oxygens (including phenoxy) is 3. The molecule has 0 saturated carbocycles. The van der Waals surface area contributed by atoms with Crippen LogP contribution in [0.25, 0.3) is 10.2 Å². The first-order chi connectivity index (χ1) is 26.8. The molecule has 1 amide bonds. The number of piperidine rings is 1. The molecule has 4 heterocycles. The third kappa shape index (κ3) is 9.82. The molecule has 4 aromatic rings. The zero-order valence-corrected chi connectivity index (χ0v) is 31.5. The van der Waals surface area contributed by atoms with Gasteiger partial charge in [0.15, 0.2) is 5.75 Å². The molecule has 57 heavy (non-hydrogen) atoms. The summed E-state index contributed by atoms with van der Waals surface area (Å²) >= 11 is 1.78. The molecule has 11 nitrogen and oxygen atoms in total. The Morgan fingerprint density at radius 3 is 2.35 bits per heavy atom. The van der Waals surface area contributed by atoms with E-state index in [1.807, 2.05) is 24.0 Å². The van der Waals surface area contributed by atoms with E-state index in [2.05, 4.69) is 19.8 Å². The van der Waals surface area contributed by atoms with Crippen molar-refractivity contribution >= 4 is 50.7 Å². The number of nitrogens with one attached hydrogen (secondary N) is 2. The number of amides is 1. The van der Waals surface area contributed by atoms with Crippen molar-refractivity contribution in [2.45, 2.75) is 56.8 Å². The van der Waals surface area contributed by atoms with E-state index in [0.717, 1.165) is 23.1 Å². The predicted octanol–water partition coefficient (Wildman–Crippen LogP) is 6.19. The van der Waals surface area contributed by atoms with E-state index in [1.54, 1.807) is 4.90 Å². The summed E-state index contributed by atoms with van der Waals surface area (Å²) in [5, 5.41) is 2.69. The van der Waals surface area contributed by atoms with Gasteiger partial charge in [0.1, 0.15) is 23.3 Å². The van der Waals surface area contributed by atoms with Crippen LogP contribution in [0.15, 0.2) is 41.2 Å². The third-order valence-corrected chi connectivity index (χ3v) is 11.5. The number of hydrogen-bond donors (Lipinski definition) is 2. The van der Waals surface area contributed by atoms with Crippen LogP contribution in [0.1, 0.15) is 50.2 Å². The van der Waals surface area contributed by atoms with Crippen LogP contribution in [0.5, 0.6) is 5.75 Å². The molecule has 308 valence electrons. The van der Waals surface area contributed by atoms with Gasteiger partial charge in [-0.3, -0.25) is 14.5 Å². The highest BCUT2D eigenvalue weighted by atomic mass is 32.1. The van der Waals surface area contributed by atoms with Crippen LogP contribution in [-0.4, -0.2) is 96.5 Å². The Labute approximate surface area is 326 Å². The van der Waals surface area contributed by atoms with Crippen molar-refractivity contribution in [1.29, 1.82) is 0 Å². The summed E-state index contributed by atoms with van der Waals surface area (Å²) in [5.41, 5.74) is -1.39. The van der Waals surface area contributed by atoms with Gasteiger partial charge in [-0.05, 0) is 63.1 Å². The van der Waals surface area contributed by atoms with E-state index < -0.39 is 70.3 Å². The number of alkyl halides is 6. The molecule has 0 aliphatic carbocycles. The number of hydrogen-bond acceptors (Lipinski definition) is 11. The Kier molecular flexibility index (Phi) is 12.4. The topological polar surface area (TPSA) is 130 Å². The summed E-state index contributed by atoms with van der Waals surface area (Å²) in [5.74, 6) is -7.76. The average molecular weight is 851 g/mol. The number of aryl methyl sites for hydroxylation is 1. The maximum absolute atomic E-state index is 15.8. The minimum Gasteiger partial charge on any atom is -0.449 e. The normalized spacial score (nSPS) is 16.9. The van der Waals surface area contributed by atoms with Crippen molar-refractivity contribution in [2.24, 2.45) is 0 Å². The second kappa shape index (κ2) is 16.8. The molecule has 2 fully saturated rings. The zero-order valence-electron chi connectivity index (χ0n) is 29.9.